The Labute approximate surface area is 107 Å². The van der Waals surface area contributed by atoms with Gasteiger partial charge >= 0.3 is 0 Å². The molecule has 2 rings (SSSR count). The maximum atomic E-state index is 4.60. The third-order valence-corrected chi connectivity index (χ3v) is 3.92. The molecule has 0 amide bonds. The third-order valence-electron chi connectivity index (χ3n) is 2.98. The smallest absolute Gasteiger partial charge is 0.191 e. The van der Waals surface area contributed by atoms with E-state index in [0.29, 0.717) is 6.04 Å². The molecule has 2 unspecified atom stereocenters. The molecule has 1 aliphatic rings. The molecule has 0 spiro atoms. The van der Waals surface area contributed by atoms with E-state index >= 15 is 0 Å². The van der Waals surface area contributed by atoms with Gasteiger partial charge in [-0.15, -0.1) is 11.3 Å². The van der Waals surface area contributed by atoms with Crippen molar-refractivity contribution in [3.05, 3.63) is 22.4 Å². The minimum absolute atomic E-state index is 0.634. The van der Waals surface area contributed by atoms with Crippen LogP contribution >= 0.6 is 11.3 Å². The van der Waals surface area contributed by atoms with Gasteiger partial charge in [-0.3, -0.25) is 4.99 Å². The van der Waals surface area contributed by atoms with Crippen LogP contribution < -0.4 is 10.6 Å². The Morgan fingerprint density at radius 3 is 3.00 bits per heavy atom. The van der Waals surface area contributed by atoms with Crippen molar-refractivity contribution in [2.24, 2.45) is 10.9 Å². The molecule has 1 fully saturated rings. The molecule has 4 heteroatoms. The van der Waals surface area contributed by atoms with E-state index in [4.69, 9.17) is 0 Å². The highest BCUT2D eigenvalue weighted by Gasteiger charge is 2.33. The highest BCUT2D eigenvalue weighted by molar-refractivity contribution is 7.09. The zero-order valence-electron chi connectivity index (χ0n) is 10.6. The molecule has 1 saturated carbocycles. The molecular weight excluding hydrogens is 230 g/mol. The van der Waals surface area contributed by atoms with Crippen LogP contribution in [0.4, 0.5) is 0 Å². The lowest BCUT2D eigenvalue weighted by molar-refractivity contribution is 0.765. The number of hydrogen-bond donors (Lipinski definition) is 2. The predicted octanol–water partition coefficient (Wildman–Crippen LogP) is 2.25. The van der Waals surface area contributed by atoms with Crippen LogP contribution in [0.5, 0.6) is 0 Å². The van der Waals surface area contributed by atoms with Gasteiger partial charge < -0.3 is 10.6 Å². The van der Waals surface area contributed by atoms with Crippen molar-refractivity contribution >= 4 is 17.3 Å². The Morgan fingerprint density at radius 1 is 1.59 bits per heavy atom. The van der Waals surface area contributed by atoms with Crippen LogP contribution in [0, 0.1) is 5.92 Å². The highest BCUT2D eigenvalue weighted by atomic mass is 32.1. The molecular formula is C13H21N3S. The Balaban J connectivity index is 1.78. The van der Waals surface area contributed by atoms with Crippen LogP contribution in [0.1, 0.15) is 25.1 Å². The van der Waals surface area contributed by atoms with Gasteiger partial charge in [0, 0.05) is 30.4 Å². The van der Waals surface area contributed by atoms with E-state index in [-0.39, 0.29) is 0 Å². The van der Waals surface area contributed by atoms with Gasteiger partial charge in [0.25, 0.3) is 0 Å². The van der Waals surface area contributed by atoms with Crippen LogP contribution in [0.25, 0.3) is 0 Å². The summed E-state index contributed by atoms with van der Waals surface area (Å²) in [6.07, 6.45) is 2.31. The zero-order valence-corrected chi connectivity index (χ0v) is 11.4. The third kappa shape index (κ3) is 4.04. The van der Waals surface area contributed by atoms with E-state index in [1.54, 1.807) is 11.3 Å². The molecule has 1 aromatic heterocycles. The SMILES string of the molecule is CCNC(=NCCc1cccs1)NC1CC1C. The Hall–Kier alpha value is -1.03. The number of guanidine groups is 1. The minimum atomic E-state index is 0.634. The van der Waals surface area contributed by atoms with Gasteiger partial charge in [-0.2, -0.15) is 0 Å². The summed E-state index contributed by atoms with van der Waals surface area (Å²) in [5, 5.41) is 8.88. The first-order valence-electron chi connectivity index (χ1n) is 6.37. The van der Waals surface area contributed by atoms with Gasteiger partial charge in [0.15, 0.2) is 5.96 Å². The molecule has 17 heavy (non-hydrogen) atoms. The largest absolute Gasteiger partial charge is 0.357 e. The summed E-state index contributed by atoms with van der Waals surface area (Å²) in [4.78, 5) is 6.01. The summed E-state index contributed by atoms with van der Waals surface area (Å²) in [7, 11) is 0. The molecule has 0 aromatic carbocycles. The molecule has 0 saturated heterocycles. The number of aliphatic imine (C=N–C) groups is 1. The number of thiophene rings is 1. The van der Waals surface area contributed by atoms with Crippen molar-refractivity contribution in [1.29, 1.82) is 0 Å². The van der Waals surface area contributed by atoms with Crippen molar-refractivity contribution in [2.75, 3.05) is 13.1 Å². The fourth-order valence-electron chi connectivity index (χ4n) is 1.75. The maximum Gasteiger partial charge on any atom is 0.191 e. The van der Waals surface area contributed by atoms with E-state index in [2.05, 4.69) is 47.0 Å². The summed E-state index contributed by atoms with van der Waals surface area (Å²) in [5.74, 6) is 1.77. The van der Waals surface area contributed by atoms with E-state index in [0.717, 1.165) is 31.4 Å². The summed E-state index contributed by atoms with van der Waals surface area (Å²) in [6, 6.07) is 4.90. The Kier molecular flexibility index (Phi) is 4.42. The fraction of sp³-hybridized carbons (Fsp3) is 0.615. The fourth-order valence-corrected chi connectivity index (χ4v) is 2.45. The molecule has 2 atom stereocenters. The second kappa shape index (κ2) is 6.05. The second-order valence-electron chi connectivity index (χ2n) is 4.55. The molecule has 1 heterocycles. The molecule has 1 aliphatic carbocycles. The van der Waals surface area contributed by atoms with Gasteiger partial charge in [0.1, 0.15) is 0 Å². The topological polar surface area (TPSA) is 36.4 Å². The van der Waals surface area contributed by atoms with Crippen LogP contribution in [0.3, 0.4) is 0 Å². The second-order valence-corrected chi connectivity index (χ2v) is 5.59. The summed E-state index contributed by atoms with van der Waals surface area (Å²) >= 11 is 1.80. The molecule has 2 N–H and O–H groups in total. The first-order chi connectivity index (χ1) is 8.29. The van der Waals surface area contributed by atoms with Crippen molar-refractivity contribution in [2.45, 2.75) is 32.7 Å². The summed E-state index contributed by atoms with van der Waals surface area (Å²) in [6.45, 7) is 6.16. The maximum absolute atomic E-state index is 4.60. The quantitative estimate of drug-likeness (QED) is 0.622. The average Bonchev–Trinajstić information content (AvgIpc) is 2.81. The van der Waals surface area contributed by atoms with Gasteiger partial charge in [-0.1, -0.05) is 13.0 Å². The lowest BCUT2D eigenvalue weighted by Crippen LogP contribution is -2.39. The van der Waals surface area contributed by atoms with E-state index in [1.807, 2.05) is 0 Å². The predicted molar refractivity (Wildman–Crippen MR) is 74.7 cm³/mol. The van der Waals surface area contributed by atoms with Gasteiger partial charge in [-0.25, -0.2) is 0 Å². The lowest BCUT2D eigenvalue weighted by Gasteiger charge is -2.10. The first kappa shape index (κ1) is 12.4. The van der Waals surface area contributed by atoms with Gasteiger partial charge in [-0.05, 0) is 30.7 Å². The van der Waals surface area contributed by atoms with E-state index < -0.39 is 0 Å². The van der Waals surface area contributed by atoms with Crippen LogP contribution in [-0.4, -0.2) is 25.1 Å². The summed E-state index contributed by atoms with van der Waals surface area (Å²) in [5.41, 5.74) is 0. The number of nitrogens with zero attached hydrogens (tertiary/aromatic N) is 1. The van der Waals surface area contributed by atoms with Crippen LogP contribution in [-0.2, 0) is 6.42 Å². The Morgan fingerprint density at radius 2 is 2.41 bits per heavy atom. The molecule has 0 bridgehead atoms. The van der Waals surface area contributed by atoms with Crippen LogP contribution in [0.2, 0.25) is 0 Å². The van der Waals surface area contributed by atoms with Crippen molar-refractivity contribution in [1.82, 2.24) is 10.6 Å². The number of nitrogens with one attached hydrogen (secondary N) is 2. The first-order valence-corrected chi connectivity index (χ1v) is 7.24. The van der Waals surface area contributed by atoms with Crippen LogP contribution in [0.15, 0.2) is 22.5 Å². The van der Waals surface area contributed by atoms with E-state index in [1.165, 1.54) is 11.3 Å². The van der Waals surface area contributed by atoms with Gasteiger partial charge in [0.2, 0.25) is 0 Å². The zero-order chi connectivity index (χ0) is 12.1. The monoisotopic (exact) mass is 251 g/mol. The van der Waals surface area contributed by atoms with Crippen molar-refractivity contribution < 1.29 is 0 Å². The van der Waals surface area contributed by atoms with Gasteiger partial charge in [0.05, 0.1) is 0 Å². The average molecular weight is 251 g/mol. The highest BCUT2D eigenvalue weighted by Crippen LogP contribution is 2.28. The number of rotatable bonds is 5. The van der Waals surface area contributed by atoms with Crippen molar-refractivity contribution in [3.63, 3.8) is 0 Å². The Bertz CT molecular complexity index is 359. The normalized spacial score (nSPS) is 23.5. The molecule has 1 aromatic rings. The molecule has 0 aliphatic heterocycles. The summed E-state index contributed by atoms with van der Waals surface area (Å²) < 4.78 is 0. The minimum Gasteiger partial charge on any atom is -0.357 e. The standard InChI is InChI=1S/C13H21N3S/c1-3-14-13(16-12-9-10(12)2)15-7-6-11-5-4-8-17-11/h4-5,8,10,12H,3,6-7,9H2,1-2H3,(H2,14,15,16). The molecule has 94 valence electrons. The van der Waals surface area contributed by atoms with E-state index in [9.17, 15) is 0 Å². The number of hydrogen-bond acceptors (Lipinski definition) is 2. The van der Waals surface area contributed by atoms with Crippen molar-refractivity contribution in [3.8, 4) is 0 Å². The lowest BCUT2D eigenvalue weighted by atomic mass is 10.3. The molecule has 3 nitrogen and oxygen atoms in total. The molecule has 0 radical (unpaired) electrons.